The van der Waals surface area contributed by atoms with Crippen LogP contribution in [-0.2, 0) is 19.0 Å². The van der Waals surface area contributed by atoms with Gasteiger partial charge in [-0.1, -0.05) is 42.3 Å². The fourth-order valence-corrected chi connectivity index (χ4v) is 8.77. The highest BCUT2D eigenvalue weighted by Crippen LogP contribution is 2.62. The van der Waals surface area contributed by atoms with Crippen molar-refractivity contribution in [2.45, 2.75) is 88.2 Å². The van der Waals surface area contributed by atoms with Crippen molar-refractivity contribution < 1.29 is 48.3 Å². The molecule has 2 aliphatic carbocycles. The second kappa shape index (κ2) is 18.4. The van der Waals surface area contributed by atoms with Crippen LogP contribution in [0.3, 0.4) is 0 Å². The van der Waals surface area contributed by atoms with E-state index in [1.54, 1.807) is 37.4 Å². The molecule has 2 heterocycles. The summed E-state index contributed by atoms with van der Waals surface area (Å²) >= 11 is 0. The Kier molecular flexibility index (Phi) is 13.4. The molecule has 292 valence electrons. The fourth-order valence-electron chi connectivity index (χ4n) is 8.77. The minimum Gasteiger partial charge on any atom is -0.459 e. The third-order valence-corrected chi connectivity index (χ3v) is 11.2. The molecule has 0 aromatic heterocycles. The molecule has 1 amide bonds. The maximum absolute atomic E-state index is 13.4. The molecule has 6 rings (SSSR count). The summed E-state index contributed by atoms with van der Waals surface area (Å²) in [5, 5.41) is 24.4. The molecule has 54 heavy (non-hydrogen) atoms. The van der Waals surface area contributed by atoms with Gasteiger partial charge in [-0.15, -0.1) is 6.58 Å². The Balaban J connectivity index is 1.55. The number of hydrogen-bond acceptors (Lipinski definition) is 11. The van der Waals surface area contributed by atoms with Crippen molar-refractivity contribution >= 4 is 18.1 Å². The molecule has 0 spiro atoms. The number of benzene rings is 2. The van der Waals surface area contributed by atoms with Gasteiger partial charge < -0.3 is 43.6 Å². The monoisotopic (exact) mass is 746 g/mol. The highest BCUT2D eigenvalue weighted by molar-refractivity contribution is 6.03. The summed E-state index contributed by atoms with van der Waals surface area (Å²) < 4.78 is 31.5. The van der Waals surface area contributed by atoms with Crippen molar-refractivity contribution in [2.75, 3.05) is 40.6 Å². The number of fused-ring (bicyclic) bond motifs is 2. The van der Waals surface area contributed by atoms with Crippen LogP contribution in [0.1, 0.15) is 86.0 Å². The molecular weight excluding hydrogens is 692 g/mol. The summed E-state index contributed by atoms with van der Waals surface area (Å²) in [6.45, 7) is 4.90. The van der Waals surface area contributed by atoms with Crippen LogP contribution in [-0.4, -0.2) is 91.9 Å². The van der Waals surface area contributed by atoms with Gasteiger partial charge in [-0.05, 0) is 86.3 Å². The average Bonchev–Trinajstić information content (AvgIpc) is 3.20. The number of unbranched alkanes of at least 4 members (excludes halogenated alkanes) is 2. The van der Waals surface area contributed by atoms with Crippen LogP contribution in [0.4, 0.5) is 4.79 Å². The molecule has 7 unspecified atom stereocenters. The topological polar surface area (TPSA) is 146 Å². The number of amides is 1. The Morgan fingerprint density at radius 3 is 2.59 bits per heavy atom. The average molecular weight is 747 g/mol. The van der Waals surface area contributed by atoms with Gasteiger partial charge in [-0.25, -0.2) is 4.79 Å². The minimum atomic E-state index is -1.38. The predicted octanol–water partition coefficient (Wildman–Crippen LogP) is 7.15. The number of hydrogen-bond donors (Lipinski definition) is 2. The third-order valence-electron chi connectivity index (χ3n) is 11.2. The molecule has 7 atom stereocenters. The Hall–Kier alpha value is -4.23. The van der Waals surface area contributed by atoms with Crippen molar-refractivity contribution in [2.24, 2.45) is 22.9 Å². The molecule has 0 radical (unpaired) electrons. The van der Waals surface area contributed by atoms with Crippen LogP contribution in [0.5, 0.6) is 17.2 Å². The molecule has 2 fully saturated rings. The molecule has 1 saturated carbocycles. The second-order valence-corrected chi connectivity index (χ2v) is 14.5. The Morgan fingerprint density at radius 1 is 1.07 bits per heavy atom. The van der Waals surface area contributed by atoms with Gasteiger partial charge >= 0.3 is 6.09 Å². The van der Waals surface area contributed by atoms with Gasteiger partial charge in [0, 0.05) is 50.1 Å². The summed E-state index contributed by atoms with van der Waals surface area (Å²) in [6, 6.07) is 12.0. The fraction of sp³-hybridized carbons (Fsp3) is 0.548. The molecule has 0 bridgehead atoms. The van der Waals surface area contributed by atoms with E-state index in [1.165, 1.54) is 12.0 Å². The number of carbonyl (C=O) groups excluding carboxylic acids is 2. The number of carbonyl (C=O) groups is 2. The lowest BCUT2D eigenvalue weighted by atomic mass is 9.55. The van der Waals surface area contributed by atoms with Gasteiger partial charge in [0.05, 0.1) is 32.0 Å². The maximum Gasteiger partial charge on any atom is 0.409 e. The number of likely N-dealkylation sites (N-methyl/N-ethyl adjacent to an activating group) is 1. The normalized spacial score (nSPS) is 27.8. The van der Waals surface area contributed by atoms with Crippen LogP contribution in [0.15, 0.2) is 71.9 Å². The standard InChI is InChI=1S/C42H54N2O10/c1-4-21-51-42-37(44(2)41(48)49-3)26-35(43-54-38-16-7-10-22-50-38)33-24-29(13-5-8-19-45)32(15-6-9-20-46)39(40(33)42)34-25-31(17-18-36(34)53-42)52-30-14-11-12-28(23-30)27-47/h4,11-12,14,17-18,23-25,27,29,32,37-40,45-46H,1,5-10,13,15-16,19-22,26H2,2-3H3. The van der Waals surface area contributed by atoms with Crippen LogP contribution < -0.4 is 9.47 Å². The molecule has 12 nitrogen and oxygen atoms in total. The Morgan fingerprint density at radius 2 is 1.87 bits per heavy atom. The zero-order valence-corrected chi connectivity index (χ0v) is 31.4. The summed E-state index contributed by atoms with van der Waals surface area (Å²) in [5.74, 6) is -0.224. The molecule has 12 heteroatoms. The van der Waals surface area contributed by atoms with E-state index in [2.05, 4.69) is 12.7 Å². The van der Waals surface area contributed by atoms with Crippen molar-refractivity contribution in [1.82, 2.24) is 4.90 Å². The highest BCUT2D eigenvalue weighted by atomic mass is 16.8. The first-order valence-corrected chi connectivity index (χ1v) is 19.3. The highest BCUT2D eigenvalue weighted by Gasteiger charge is 2.65. The van der Waals surface area contributed by atoms with Gasteiger partial charge in [0.25, 0.3) is 0 Å². The lowest BCUT2D eigenvalue weighted by Gasteiger charge is -2.59. The number of allylic oxidation sites excluding steroid dienone is 1. The zero-order valence-electron chi connectivity index (χ0n) is 31.4. The van der Waals surface area contributed by atoms with Crippen molar-refractivity contribution in [3.8, 4) is 17.2 Å². The van der Waals surface area contributed by atoms with E-state index >= 15 is 0 Å². The molecule has 2 aromatic rings. The van der Waals surface area contributed by atoms with E-state index in [4.69, 9.17) is 33.7 Å². The van der Waals surface area contributed by atoms with Crippen LogP contribution in [0.2, 0.25) is 0 Å². The molecule has 4 aliphatic rings. The summed E-state index contributed by atoms with van der Waals surface area (Å²) in [7, 11) is 3.04. The molecule has 2 N–H and O–H groups in total. The summed E-state index contributed by atoms with van der Waals surface area (Å²) in [5.41, 5.74) is 3.04. The van der Waals surface area contributed by atoms with Gasteiger partial charge in [0.2, 0.25) is 12.1 Å². The minimum absolute atomic E-state index is 0.0537. The number of ether oxygens (including phenoxy) is 5. The zero-order chi connectivity index (χ0) is 38.1. The Bertz CT molecular complexity index is 1670. The van der Waals surface area contributed by atoms with Crippen LogP contribution >= 0.6 is 0 Å². The van der Waals surface area contributed by atoms with E-state index in [-0.39, 0.29) is 44.0 Å². The van der Waals surface area contributed by atoms with Crippen molar-refractivity contribution in [3.63, 3.8) is 0 Å². The van der Waals surface area contributed by atoms with Gasteiger partial charge in [0.1, 0.15) is 29.6 Å². The quantitative estimate of drug-likeness (QED) is 0.0741. The maximum atomic E-state index is 13.4. The lowest BCUT2D eigenvalue weighted by Crippen LogP contribution is -2.69. The number of aldehydes is 1. The summed E-state index contributed by atoms with van der Waals surface area (Å²) in [6.07, 6.45) is 11.3. The number of aliphatic hydroxyl groups excluding tert-OH is 2. The lowest BCUT2D eigenvalue weighted by molar-refractivity contribution is -0.253. The first kappa shape index (κ1) is 39.5. The van der Waals surface area contributed by atoms with Gasteiger partial charge in [-0.3, -0.25) is 4.79 Å². The van der Waals surface area contributed by atoms with E-state index in [0.29, 0.717) is 48.0 Å². The number of aliphatic hydroxyl groups is 2. The van der Waals surface area contributed by atoms with Crippen molar-refractivity contribution in [1.29, 1.82) is 0 Å². The second-order valence-electron chi connectivity index (χ2n) is 14.5. The van der Waals surface area contributed by atoms with Crippen LogP contribution in [0.25, 0.3) is 0 Å². The summed E-state index contributed by atoms with van der Waals surface area (Å²) in [4.78, 5) is 32.6. The first-order valence-electron chi connectivity index (χ1n) is 19.3. The van der Waals surface area contributed by atoms with Crippen LogP contribution in [0, 0.1) is 17.8 Å². The molecular formula is C42H54N2O10. The van der Waals surface area contributed by atoms with E-state index in [0.717, 1.165) is 62.4 Å². The molecule has 2 aliphatic heterocycles. The molecule has 2 aromatic carbocycles. The number of oxime groups is 1. The number of methoxy groups -OCH3 is 1. The van der Waals surface area contributed by atoms with E-state index in [9.17, 15) is 19.8 Å². The van der Waals surface area contributed by atoms with Crippen molar-refractivity contribution in [3.05, 3.63) is 77.9 Å². The Labute approximate surface area is 317 Å². The molecule has 1 saturated heterocycles. The predicted molar refractivity (Wildman–Crippen MR) is 202 cm³/mol. The van der Waals surface area contributed by atoms with E-state index < -0.39 is 30.1 Å². The smallest absolute Gasteiger partial charge is 0.409 e. The first-order chi connectivity index (χ1) is 26.4. The number of nitrogens with zero attached hydrogens (tertiary/aromatic N) is 2. The SMILES string of the molecule is C=CCOC12Oc3ccc(Oc4cccc(C=O)c4)cc3C3C(CCCCO)C(CCCCO)C=C(C(=NOC4CCCCO4)CC1N(C)C(=O)OC)C32. The third kappa shape index (κ3) is 8.36. The number of rotatable bonds is 17. The van der Waals surface area contributed by atoms with Gasteiger partial charge in [-0.2, -0.15) is 0 Å². The van der Waals surface area contributed by atoms with Gasteiger partial charge in [0.15, 0.2) is 0 Å². The largest absolute Gasteiger partial charge is 0.459 e. The van der Waals surface area contributed by atoms with E-state index in [1.807, 2.05) is 18.2 Å².